The second-order valence-corrected chi connectivity index (χ2v) is 5.32. The molecule has 0 atom stereocenters. The van der Waals surface area contributed by atoms with Crippen LogP contribution in [0.3, 0.4) is 0 Å². The van der Waals surface area contributed by atoms with Crippen molar-refractivity contribution in [1.82, 2.24) is 0 Å². The van der Waals surface area contributed by atoms with Gasteiger partial charge in [0.2, 0.25) is 0 Å². The van der Waals surface area contributed by atoms with E-state index in [9.17, 15) is 0 Å². The van der Waals surface area contributed by atoms with E-state index in [-0.39, 0.29) is 0 Å². The van der Waals surface area contributed by atoms with E-state index in [1.165, 1.54) is 5.56 Å². The van der Waals surface area contributed by atoms with Gasteiger partial charge >= 0.3 is 0 Å². The normalized spacial score (nSPS) is 10.2. The molecule has 3 aromatic carbocycles. The largest absolute Gasteiger partial charge is 0.311 e. The van der Waals surface area contributed by atoms with Crippen LogP contribution in [-0.2, 0) is 0 Å². The van der Waals surface area contributed by atoms with Gasteiger partial charge in [-0.15, -0.1) is 0 Å². The van der Waals surface area contributed by atoms with Crippen LogP contribution in [0, 0.1) is 6.92 Å². The predicted octanol–water partition coefficient (Wildman–Crippen LogP) is 5.80. The highest BCUT2D eigenvalue weighted by Gasteiger charge is 2.13. The van der Waals surface area contributed by atoms with Crippen LogP contribution < -0.4 is 4.90 Å². The van der Waals surface area contributed by atoms with E-state index in [1.54, 1.807) is 0 Å². The first kappa shape index (κ1) is 14.2. The van der Waals surface area contributed by atoms with Crippen LogP contribution in [0.4, 0.5) is 11.4 Å². The fourth-order valence-electron chi connectivity index (χ4n) is 2.49. The van der Waals surface area contributed by atoms with Crippen LogP contribution >= 0.6 is 0 Å². The molecule has 0 N–H and O–H groups in total. The molecule has 3 rings (SSSR count). The molecule has 1 heteroatoms. The number of para-hydroxylation sites is 2. The lowest BCUT2D eigenvalue weighted by Crippen LogP contribution is -2.14. The summed E-state index contributed by atoms with van der Waals surface area (Å²) in [6.07, 6.45) is 0. The number of hydrogen-bond donors (Lipinski definition) is 0. The van der Waals surface area contributed by atoms with Crippen molar-refractivity contribution in [3.8, 4) is 0 Å². The van der Waals surface area contributed by atoms with Crippen molar-refractivity contribution >= 4 is 17.1 Å². The average Bonchev–Trinajstić information content (AvgIpc) is 2.57. The molecule has 0 fully saturated rings. The third-order valence-electron chi connectivity index (χ3n) is 3.68. The van der Waals surface area contributed by atoms with E-state index in [0.717, 1.165) is 22.6 Å². The van der Waals surface area contributed by atoms with Gasteiger partial charge in [-0.05, 0) is 36.8 Å². The summed E-state index contributed by atoms with van der Waals surface area (Å²) in [5.74, 6) is 0. The Kier molecular flexibility index (Phi) is 4.06. The predicted molar refractivity (Wildman–Crippen MR) is 95.2 cm³/mol. The molecular weight excluding hydrogens is 266 g/mol. The number of aryl methyl sites for hydroxylation is 1. The van der Waals surface area contributed by atoms with Gasteiger partial charge in [-0.25, -0.2) is 0 Å². The highest BCUT2D eigenvalue weighted by atomic mass is 15.1. The van der Waals surface area contributed by atoms with Crippen LogP contribution in [0.15, 0.2) is 91.5 Å². The maximum absolute atomic E-state index is 4.33. The van der Waals surface area contributed by atoms with Crippen molar-refractivity contribution in [1.29, 1.82) is 0 Å². The highest BCUT2D eigenvalue weighted by molar-refractivity contribution is 5.86. The highest BCUT2D eigenvalue weighted by Crippen LogP contribution is 2.33. The van der Waals surface area contributed by atoms with E-state index in [4.69, 9.17) is 0 Å². The van der Waals surface area contributed by atoms with Crippen molar-refractivity contribution in [2.45, 2.75) is 6.92 Å². The van der Waals surface area contributed by atoms with Crippen LogP contribution in [0.2, 0.25) is 0 Å². The van der Waals surface area contributed by atoms with Gasteiger partial charge in [0.05, 0.1) is 0 Å². The Labute approximate surface area is 132 Å². The number of nitrogens with zero attached hydrogens (tertiary/aromatic N) is 1. The molecule has 0 heterocycles. The zero-order chi connectivity index (χ0) is 15.4. The van der Waals surface area contributed by atoms with E-state index < -0.39 is 0 Å². The number of hydrogen-bond acceptors (Lipinski definition) is 1. The average molecular weight is 285 g/mol. The first-order valence-corrected chi connectivity index (χ1v) is 7.42. The lowest BCUT2D eigenvalue weighted by atomic mass is 10.1. The maximum atomic E-state index is 4.33. The molecule has 22 heavy (non-hydrogen) atoms. The monoisotopic (exact) mass is 285 g/mol. The zero-order valence-corrected chi connectivity index (χ0v) is 12.7. The summed E-state index contributed by atoms with van der Waals surface area (Å²) in [6, 6.07) is 29.2. The molecule has 0 aromatic heterocycles. The van der Waals surface area contributed by atoms with Crippen molar-refractivity contribution < 1.29 is 0 Å². The summed E-state index contributed by atoms with van der Waals surface area (Å²) in [6.45, 7) is 6.43. The standard InChI is InChI=1S/C21H19N/c1-17-13-15-19(16-14-17)18(2)22(20-9-5-3-6-10-20)21-11-7-4-8-12-21/h3-16H,2H2,1H3. The minimum absolute atomic E-state index is 0.970. The van der Waals surface area contributed by atoms with E-state index in [2.05, 4.69) is 66.9 Å². The number of anilines is 2. The van der Waals surface area contributed by atoms with Gasteiger partial charge in [-0.3, -0.25) is 0 Å². The van der Waals surface area contributed by atoms with E-state index in [1.807, 2.05) is 36.4 Å². The van der Waals surface area contributed by atoms with E-state index in [0.29, 0.717) is 0 Å². The van der Waals surface area contributed by atoms with Crippen molar-refractivity contribution in [3.05, 3.63) is 103 Å². The summed E-state index contributed by atoms with van der Waals surface area (Å²) < 4.78 is 0. The Bertz CT molecular complexity index is 703. The van der Waals surface area contributed by atoms with Gasteiger partial charge in [0.1, 0.15) is 0 Å². The molecule has 0 aliphatic rings. The summed E-state index contributed by atoms with van der Waals surface area (Å²) in [4.78, 5) is 2.19. The van der Waals surface area contributed by atoms with Gasteiger partial charge in [0.25, 0.3) is 0 Å². The van der Waals surface area contributed by atoms with Crippen LogP contribution in [0.25, 0.3) is 5.70 Å². The van der Waals surface area contributed by atoms with Gasteiger partial charge in [0.15, 0.2) is 0 Å². The number of benzene rings is 3. The van der Waals surface area contributed by atoms with Gasteiger partial charge < -0.3 is 4.90 Å². The molecule has 0 saturated heterocycles. The fraction of sp³-hybridized carbons (Fsp3) is 0.0476. The lowest BCUT2D eigenvalue weighted by molar-refractivity contribution is 1.29. The molecule has 0 aliphatic heterocycles. The number of rotatable bonds is 4. The molecule has 0 saturated carbocycles. The molecule has 0 spiro atoms. The Morgan fingerprint density at radius 3 is 1.59 bits per heavy atom. The quantitative estimate of drug-likeness (QED) is 0.585. The van der Waals surface area contributed by atoms with Crippen LogP contribution in [0.5, 0.6) is 0 Å². The Morgan fingerprint density at radius 2 is 1.14 bits per heavy atom. The van der Waals surface area contributed by atoms with Crippen molar-refractivity contribution in [3.63, 3.8) is 0 Å². The topological polar surface area (TPSA) is 3.24 Å². The molecule has 0 bridgehead atoms. The SMILES string of the molecule is C=C(c1ccc(C)cc1)N(c1ccccc1)c1ccccc1. The van der Waals surface area contributed by atoms with Crippen LogP contribution in [0.1, 0.15) is 11.1 Å². The minimum Gasteiger partial charge on any atom is -0.311 e. The smallest absolute Gasteiger partial charge is 0.0462 e. The molecule has 0 amide bonds. The first-order chi connectivity index (χ1) is 10.8. The van der Waals surface area contributed by atoms with Crippen molar-refractivity contribution in [2.24, 2.45) is 0 Å². The molecule has 1 nitrogen and oxygen atoms in total. The Balaban J connectivity index is 2.06. The summed E-state index contributed by atoms with van der Waals surface area (Å²) in [7, 11) is 0. The minimum atomic E-state index is 0.970. The Hall–Kier alpha value is -2.80. The third-order valence-corrected chi connectivity index (χ3v) is 3.68. The van der Waals surface area contributed by atoms with Crippen molar-refractivity contribution in [2.75, 3.05) is 4.90 Å². The summed E-state index contributed by atoms with van der Waals surface area (Å²) in [5, 5.41) is 0. The molecule has 0 aliphatic carbocycles. The molecule has 0 unspecified atom stereocenters. The fourth-order valence-corrected chi connectivity index (χ4v) is 2.49. The third kappa shape index (κ3) is 2.94. The van der Waals surface area contributed by atoms with Crippen LogP contribution in [-0.4, -0.2) is 0 Å². The molecular formula is C21H19N. The Morgan fingerprint density at radius 1 is 0.682 bits per heavy atom. The second kappa shape index (κ2) is 6.31. The molecule has 108 valence electrons. The summed E-state index contributed by atoms with van der Waals surface area (Å²) in [5.41, 5.74) is 5.57. The van der Waals surface area contributed by atoms with Gasteiger partial charge in [-0.2, -0.15) is 0 Å². The van der Waals surface area contributed by atoms with Gasteiger partial charge in [0, 0.05) is 17.1 Å². The first-order valence-electron chi connectivity index (χ1n) is 7.42. The maximum Gasteiger partial charge on any atom is 0.0462 e. The van der Waals surface area contributed by atoms with E-state index >= 15 is 0 Å². The zero-order valence-electron chi connectivity index (χ0n) is 12.7. The molecule has 0 radical (unpaired) electrons. The summed E-state index contributed by atoms with van der Waals surface area (Å²) >= 11 is 0. The van der Waals surface area contributed by atoms with Gasteiger partial charge in [-0.1, -0.05) is 72.8 Å². The second-order valence-electron chi connectivity index (χ2n) is 5.32. The lowest BCUT2D eigenvalue weighted by Gasteiger charge is -2.27. The molecule has 3 aromatic rings.